The van der Waals surface area contributed by atoms with Gasteiger partial charge in [-0.1, -0.05) is 48.0 Å². The molecule has 0 atom stereocenters. The van der Waals surface area contributed by atoms with Gasteiger partial charge in [-0.2, -0.15) is 4.98 Å². The lowest BCUT2D eigenvalue weighted by Gasteiger charge is -2.09. The monoisotopic (exact) mass is 343 g/mol. The van der Waals surface area contributed by atoms with E-state index in [1.54, 1.807) is 18.2 Å². The molecule has 0 radical (unpaired) electrons. The van der Waals surface area contributed by atoms with E-state index in [0.717, 1.165) is 6.42 Å². The summed E-state index contributed by atoms with van der Waals surface area (Å²) in [5, 5.41) is 3.39. The van der Waals surface area contributed by atoms with E-state index in [1.807, 2.05) is 37.3 Å². The van der Waals surface area contributed by atoms with Gasteiger partial charge in [0.25, 0.3) is 0 Å². The minimum Gasteiger partial charge on any atom is -0.465 e. The predicted octanol–water partition coefficient (Wildman–Crippen LogP) is 3.89. The van der Waals surface area contributed by atoms with Crippen molar-refractivity contribution < 1.29 is 9.53 Å². The molecule has 0 aliphatic carbocycles. The minimum absolute atomic E-state index is 0.248. The van der Waals surface area contributed by atoms with Gasteiger partial charge in [-0.3, -0.25) is 0 Å². The van der Waals surface area contributed by atoms with E-state index >= 15 is 0 Å². The van der Waals surface area contributed by atoms with Crippen LogP contribution in [0.4, 0.5) is 4.79 Å². The van der Waals surface area contributed by atoms with Gasteiger partial charge in [0.05, 0.1) is 17.1 Å². The van der Waals surface area contributed by atoms with Crippen LogP contribution in [-0.2, 0) is 6.42 Å². The van der Waals surface area contributed by atoms with E-state index in [2.05, 4.69) is 10.3 Å². The number of hydrogen-bond donors (Lipinski definition) is 1. The summed E-state index contributed by atoms with van der Waals surface area (Å²) in [4.78, 5) is 16.9. The Morgan fingerprint density at radius 3 is 2.75 bits per heavy atom. The number of benzene rings is 2. The quantitative estimate of drug-likeness (QED) is 0.764. The molecule has 24 heavy (non-hydrogen) atoms. The average molecular weight is 344 g/mol. The van der Waals surface area contributed by atoms with Crippen LogP contribution in [-0.4, -0.2) is 28.7 Å². The molecule has 6 heteroatoms. The van der Waals surface area contributed by atoms with Gasteiger partial charge >= 0.3 is 12.0 Å². The molecule has 0 unspecified atom stereocenters. The van der Waals surface area contributed by atoms with Crippen LogP contribution in [0.2, 0.25) is 5.02 Å². The highest BCUT2D eigenvalue weighted by Gasteiger charge is 2.19. The number of nitrogens with one attached hydrogen (secondary N) is 1. The van der Waals surface area contributed by atoms with E-state index < -0.39 is 0 Å². The Kier molecular flexibility index (Phi) is 5.01. The lowest BCUT2D eigenvalue weighted by Crippen LogP contribution is -2.30. The van der Waals surface area contributed by atoms with Gasteiger partial charge in [0.1, 0.15) is 5.52 Å². The summed E-state index contributed by atoms with van der Waals surface area (Å²) in [7, 11) is 0. The van der Waals surface area contributed by atoms with Crippen molar-refractivity contribution in [2.75, 3.05) is 13.2 Å². The molecular weight excluding hydrogens is 326 g/mol. The summed E-state index contributed by atoms with van der Waals surface area (Å²) in [6.45, 7) is 2.78. The number of para-hydroxylation sites is 1. The first-order chi connectivity index (χ1) is 11.7. The third-order valence-corrected chi connectivity index (χ3v) is 3.92. The van der Waals surface area contributed by atoms with Crippen LogP contribution < -0.4 is 10.1 Å². The first kappa shape index (κ1) is 16.3. The van der Waals surface area contributed by atoms with Crippen LogP contribution in [0.3, 0.4) is 0 Å². The number of ether oxygens (including phenoxy) is 1. The van der Waals surface area contributed by atoms with Crippen molar-refractivity contribution >= 4 is 28.7 Å². The fraction of sp³-hybridized carbons (Fsp3) is 0.222. The van der Waals surface area contributed by atoms with Crippen molar-refractivity contribution in [3.63, 3.8) is 0 Å². The summed E-state index contributed by atoms with van der Waals surface area (Å²) in [6.07, 6.45) is 0.754. The van der Waals surface area contributed by atoms with Gasteiger partial charge in [-0.15, -0.1) is 0 Å². The second kappa shape index (κ2) is 7.36. The average Bonchev–Trinajstić information content (AvgIpc) is 2.96. The summed E-state index contributed by atoms with van der Waals surface area (Å²) in [5.41, 5.74) is 2.35. The summed E-state index contributed by atoms with van der Waals surface area (Å²) < 4.78 is 6.92. The maximum atomic E-state index is 12.6. The summed E-state index contributed by atoms with van der Waals surface area (Å²) >= 11 is 6.17. The predicted molar refractivity (Wildman–Crippen MR) is 94.9 cm³/mol. The second-order valence-electron chi connectivity index (χ2n) is 5.24. The Morgan fingerprint density at radius 1 is 1.21 bits per heavy atom. The van der Waals surface area contributed by atoms with Crippen molar-refractivity contribution in [3.05, 3.63) is 59.1 Å². The number of imidazole rings is 1. The maximum absolute atomic E-state index is 12.6. The van der Waals surface area contributed by atoms with Crippen LogP contribution in [0.25, 0.3) is 11.0 Å². The van der Waals surface area contributed by atoms with E-state index in [0.29, 0.717) is 29.2 Å². The molecule has 1 aromatic heterocycles. The molecule has 0 bridgehead atoms. The lowest BCUT2D eigenvalue weighted by molar-refractivity contribution is 0.236. The topological polar surface area (TPSA) is 56.2 Å². The third-order valence-electron chi connectivity index (χ3n) is 3.61. The second-order valence-corrected chi connectivity index (χ2v) is 5.65. The molecule has 1 amide bonds. The van der Waals surface area contributed by atoms with Crippen LogP contribution in [0.5, 0.6) is 6.01 Å². The highest BCUT2D eigenvalue weighted by atomic mass is 35.5. The zero-order valence-corrected chi connectivity index (χ0v) is 14.1. The first-order valence-electron chi connectivity index (χ1n) is 7.82. The third kappa shape index (κ3) is 3.36. The molecule has 0 saturated heterocycles. The molecule has 3 rings (SSSR count). The number of carbonyl (C=O) groups excluding carboxylic acids is 1. The number of fused-ring (bicyclic) bond motifs is 1. The van der Waals surface area contributed by atoms with E-state index in [9.17, 15) is 4.79 Å². The number of aromatic nitrogens is 2. The summed E-state index contributed by atoms with van der Waals surface area (Å²) in [5.74, 6) is 0. The molecule has 0 aliphatic rings. The van der Waals surface area contributed by atoms with Crippen LogP contribution in [0, 0.1) is 0 Å². The maximum Gasteiger partial charge on any atom is 0.330 e. The van der Waals surface area contributed by atoms with E-state index in [4.69, 9.17) is 16.3 Å². The fourth-order valence-electron chi connectivity index (χ4n) is 2.50. The Balaban J connectivity index is 1.80. The number of halogens is 1. The molecule has 1 N–H and O–H groups in total. The van der Waals surface area contributed by atoms with Crippen molar-refractivity contribution in [3.8, 4) is 6.01 Å². The number of carbonyl (C=O) groups is 1. The van der Waals surface area contributed by atoms with Gasteiger partial charge < -0.3 is 10.1 Å². The SMILES string of the molecule is CCOc1nc2c(Cl)cccc2n1C(=O)NCCc1ccccc1. The molecule has 0 spiro atoms. The Labute approximate surface area is 145 Å². The summed E-state index contributed by atoms with van der Waals surface area (Å²) in [6, 6.07) is 15.3. The first-order valence-corrected chi connectivity index (χ1v) is 8.20. The zero-order chi connectivity index (χ0) is 16.9. The molecule has 0 saturated carbocycles. The molecule has 0 aliphatic heterocycles. The Hall–Kier alpha value is -2.53. The van der Waals surface area contributed by atoms with Crippen molar-refractivity contribution in [2.45, 2.75) is 13.3 Å². The molecule has 124 valence electrons. The van der Waals surface area contributed by atoms with Gasteiger partial charge in [-0.05, 0) is 31.0 Å². The Bertz CT molecular complexity index is 846. The number of rotatable bonds is 5. The van der Waals surface area contributed by atoms with Gasteiger partial charge in [0, 0.05) is 6.54 Å². The van der Waals surface area contributed by atoms with Gasteiger partial charge in [0.15, 0.2) is 0 Å². The van der Waals surface area contributed by atoms with Gasteiger partial charge in [-0.25, -0.2) is 9.36 Å². The zero-order valence-electron chi connectivity index (χ0n) is 13.3. The highest BCUT2D eigenvalue weighted by molar-refractivity contribution is 6.35. The number of nitrogens with zero attached hydrogens (tertiary/aromatic N) is 2. The molecular formula is C18H18ClN3O2. The largest absolute Gasteiger partial charge is 0.465 e. The van der Waals surface area contributed by atoms with Crippen LogP contribution in [0.15, 0.2) is 48.5 Å². The Morgan fingerprint density at radius 2 is 2.00 bits per heavy atom. The fourth-order valence-corrected chi connectivity index (χ4v) is 2.72. The van der Waals surface area contributed by atoms with E-state index in [-0.39, 0.29) is 12.0 Å². The molecule has 3 aromatic rings. The smallest absolute Gasteiger partial charge is 0.330 e. The highest BCUT2D eigenvalue weighted by Crippen LogP contribution is 2.27. The van der Waals surface area contributed by atoms with Crippen LogP contribution >= 0.6 is 11.6 Å². The number of hydrogen-bond acceptors (Lipinski definition) is 3. The minimum atomic E-state index is -0.279. The normalized spacial score (nSPS) is 10.8. The molecule has 0 fully saturated rings. The number of amides is 1. The molecule has 5 nitrogen and oxygen atoms in total. The molecule has 2 aromatic carbocycles. The lowest BCUT2D eigenvalue weighted by atomic mass is 10.1. The standard InChI is InChI=1S/C18H18ClN3O2/c1-2-24-18-21-16-14(19)9-6-10-15(16)22(18)17(23)20-12-11-13-7-4-3-5-8-13/h3-10H,2,11-12H2,1H3,(H,20,23). The van der Waals surface area contributed by atoms with Crippen molar-refractivity contribution in [1.82, 2.24) is 14.9 Å². The van der Waals surface area contributed by atoms with Gasteiger partial charge in [0.2, 0.25) is 0 Å². The van der Waals surface area contributed by atoms with Crippen LogP contribution in [0.1, 0.15) is 12.5 Å². The van der Waals surface area contributed by atoms with Crippen molar-refractivity contribution in [2.24, 2.45) is 0 Å². The van der Waals surface area contributed by atoms with E-state index in [1.165, 1.54) is 10.1 Å². The van der Waals surface area contributed by atoms with Crippen molar-refractivity contribution in [1.29, 1.82) is 0 Å². The molecule has 1 heterocycles.